The number of rotatable bonds is 5. The van der Waals surface area contributed by atoms with Gasteiger partial charge >= 0.3 is 0 Å². The molecule has 7 rings (SSSR count). The molecule has 0 aliphatic carbocycles. The molecule has 11 nitrogen and oxygen atoms in total. The van der Waals surface area contributed by atoms with Crippen molar-refractivity contribution in [1.29, 1.82) is 0 Å². The number of non-ortho nitro benzene ring substituents is 1. The molecule has 4 atom stereocenters. The molecule has 3 amide bonds. The number of carbonyl (C=O) groups excluding carboxylic acids is 3. The Morgan fingerprint density at radius 1 is 1.02 bits per heavy atom. The average Bonchev–Trinajstić information content (AvgIpc) is 3.67. The number of hydrogen-bond donors (Lipinski definition) is 3. The van der Waals surface area contributed by atoms with E-state index < -0.39 is 46.1 Å². The highest BCUT2D eigenvalue weighted by molar-refractivity contribution is 6.26. The van der Waals surface area contributed by atoms with E-state index in [0.29, 0.717) is 17.7 Å². The molecular formula is C29H23N5O6. The van der Waals surface area contributed by atoms with Gasteiger partial charge in [0.05, 0.1) is 23.9 Å². The third-order valence-electron chi connectivity index (χ3n) is 8.35. The second-order valence-electron chi connectivity index (χ2n) is 10.3. The first-order chi connectivity index (χ1) is 19.3. The number of nitrogens with one attached hydrogen (secondary N) is 3. The Balaban J connectivity index is 1.39. The van der Waals surface area contributed by atoms with Gasteiger partial charge in [0.1, 0.15) is 17.0 Å². The van der Waals surface area contributed by atoms with E-state index in [9.17, 15) is 24.5 Å². The summed E-state index contributed by atoms with van der Waals surface area (Å²) in [6.07, 6.45) is 2.24. The number of nitro benzene ring substituents is 1. The quantitative estimate of drug-likeness (QED) is 0.201. The number of ether oxygens (including phenoxy) is 1. The van der Waals surface area contributed by atoms with E-state index in [-0.39, 0.29) is 17.1 Å². The van der Waals surface area contributed by atoms with Crippen molar-refractivity contribution in [3.05, 3.63) is 94.2 Å². The van der Waals surface area contributed by atoms with E-state index in [1.54, 1.807) is 24.3 Å². The SMILES string of the molecule is COc1ccc([N+](=O)[O-])cc1N1C(=O)[C@@H]2[C@H](Cc3c[nH]c4ccccc34)N[C@]3(C(=O)Nc4ccccc43)[C@H]2C1=O. The Bertz CT molecular complexity index is 1760. The smallest absolute Gasteiger partial charge is 0.271 e. The van der Waals surface area contributed by atoms with Gasteiger partial charge in [-0.05, 0) is 30.2 Å². The summed E-state index contributed by atoms with van der Waals surface area (Å²) in [5.41, 5.74) is 1.22. The number of imide groups is 1. The lowest BCUT2D eigenvalue weighted by Crippen LogP contribution is -2.53. The second kappa shape index (κ2) is 8.48. The van der Waals surface area contributed by atoms with E-state index in [1.165, 1.54) is 19.2 Å². The van der Waals surface area contributed by atoms with Crippen LogP contribution in [0.3, 0.4) is 0 Å². The van der Waals surface area contributed by atoms with Gasteiger partial charge < -0.3 is 15.0 Å². The van der Waals surface area contributed by atoms with Gasteiger partial charge in [-0.2, -0.15) is 0 Å². The summed E-state index contributed by atoms with van der Waals surface area (Å²) >= 11 is 0. The number of amides is 3. The van der Waals surface area contributed by atoms with Gasteiger partial charge in [-0.25, -0.2) is 4.90 Å². The number of carbonyl (C=O) groups is 3. The molecular weight excluding hydrogens is 514 g/mol. The summed E-state index contributed by atoms with van der Waals surface area (Å²) in [5, 5.41) is 18.9. The second-order valence-corrected chi connectivity index (χ2v) is 10.3. The Morgan fingerprint density at radius 2 is 1.80 bits per heavy atom. The van der Waals surface area contributed by atoms with Crippen LogP contribution in [0.4, 0.5) is 17.1 Å². The van der Waals surface area contributed by atoms with E-state index in [4.69, 9.17) is 4.74 Å². The first kappa shape index (κ1) is 24.0. The number of methoxy groups -OCH3 is 1. The van der Waals surface area contributed by atoms with E-state index in [1.807, 2.05) is 30.5 Å². The Hall–Kier alpha value is -5.03. The lowest BCUT2D eigenvalue weighted by molar-refractivity contribution is -0.384. The van der Waals surface area contributed by atoms with E-state index in [0.717, 1.165) is 27.4 Å². The molecule has 3 N–H and O–H groups in total. The molecule has 0 saturated carbocycles. The number of fused-ring (bicyclic) bond motifs is 5. The number of benzene rings is 3. The van der Waals surface area contributed by atoms with Crippen LogP contribution in [0.5, 0.6) is 5.75 Å². The van der Waals surface area contributed by atoms with Gasteiger partial charge in [-0.15, -0.1) is 0 Å². The highest BCUT2D eigenvalue weighted by Gasteiger charge is 2.70. The van der Waals surface area contributed by atoms with Gasteiger partial charge in [0.25, 0.3) is 5.69 Å². The normalized spacial score (nSPS) is 25.0. The molecule has 3 aliphatic rings. The van der Waals surface area contributed by atoms with Crippen LogP contribution in [-0.4, -0.2) is 40.8 Å². The molecule has 3 aliphatic heterocycles. The number of hydrogen-bond acceptors (Lipinski definition) is 7. The van der Waals surface area contributed by atoms with Crippen molar-refractivity contribution in [2.24, 2.45) is 11.8 Å². The molecule has 0 unspecified atom stereocenters. The topological polar surface area (TPSA) is 147 Å². The molecule has 200 valence electrons. The third kappa shape index (κ3) is 3.12. The predicted molar refractivity (Wildman–Crippen MR) is 145 cm³/mol. The average molecular weight is 538 g/mol. The Labute approximate surface area is 227 Å². The number of nitrogens with zero attached hydrogens (tertiary/aromatic N) is 2. The number of anilines is 2. The molecule has 0 bridgehead atoms. The summed E-state index contributed by atoms with van der Waals surface area (Å²) in [6, 6.07) is 18.1. The summed E-state index contributed by atoms with van der Waals surface area (Å²) in [6.45, 7) is 0. The molecule has 2 saturated heterocycles. The zero-order valence-electron chi connectivity index (χ0n) is 21.2. The summed E-state index contributed by atoms with van der Waals surface area (Å²) in [5.74, 6) is -3.43. The van der Waals surface area contributed by atoms with Crippen molar-refractivity contribution in [2.75, 3.05) is 17.3 Å². The number of para-hydroxylation sites is 2. The number of nitro groups is 1. The van der Waals surface area contributed by atoms with Crippen LogP contribution in [0.1, 0.15) is 11.1 Å². The van der Waals surface area contributed by atoms with Crippen LogP contribution in [-0.2, 0) is 26.3 Å². The minimum absolute atomic E-state index is 0.0196. The number of aromatic amines is 1. The molecule has 2 fully saturated rings. The van der Waals surface area contributed by atoms with Crippen LogP contribution in [0, 0.1) is 22.0 Å². The number of H-pyrrole nitrogens is 1. The lowest BCUT2D eigenvalue weighted by atomic mass is 9.76. The number of aromatic nitrogens is 1. The maximum Gasteiger partial charge on any atom is 0.271 e. The molecule has 3 aromatic carbocycles. The predicted octanol–water partition coefficient (Wildman–Crippen LogP) is 3.25. The Morgan fingerprint density at radius 3 is 2.60 bits per heavy atom. The van der Waals surface area contributed by atoms with Gasteiger partial charge in [0, 0.05) is 46.5 Å². The first-order valence-corrected chi connectivity index (χ1v) is 12.8. The van der Waals surface area contributed by atoms with Crippen LogP contribution in [0.2, 0.25) is 0 Å². The fraction of sp³-hybridized carbons (Fsp3) is 0.207. The van der Waals surface area contributed by atoms with Gasteiger partial charge in [-0.1, -0.05) is 36.4 Å². The molecule has 4 aromatic rings. The zero-order valence-corrected chi connectivity index (χ0v) is 21.2. The monoisotopic (exact) mass is 537 g/mol. The maximum absolute atomic E-state index is 14.3. The summed E-state index contributed by atoms with van der Waals surface area (Å²) < 4.78 is 5.40. The van der Waals surface area contributed by atoms with Gasteiger partial charge in [0.15, 0.2) is 0 Å². The molecule has 40 heavy (non-hydrogen) atoms. The van der Waals surface area contributed by atoms with Crippen molar-refractivity contribution >= 4 is 45.7 Å². The minimum atomic E-state index is -1.49. The highest BCUT2D eigenvalue weighted by atomic mass is 16.6. The standard InChI is InChI=1S/C29H23N5O6/c1-40-23-11-10-16(34(38)39)13-22(23)33-26(35)24-21(12-15-14-30-19-8-4-2-6-17(15)19)32-29(25(24)27(33)36)18-7-3-5-9-20(18)31-28(29)37/h2-11,13-14,21,24-25,30,32H,12H2,1H3,(H,31,37)/t21-,24+,25+,29-/m0/s1. The van der Waals surface area contributed by atoms with Crippen molar-refractivity contribution in [2.45, 2.75) is 18.0 Å². The summed E-state index contributed by atoms with van der Waals surface area (Å²) in [7, 11) is 1.36. The largest absolute Gasteiger partial charge is 0.495 e. The Kier molecular flexibility index (Phi) is 5.10. The third-order valence-corrected chi connectivity index (χ3v) is 8.35. The molecule has 1 spiro atoms. The molecule has 11 heteroatoms. The van der Waals surface area contributed by atoms with Crippen molar-refractivity contribution in [3.63, 3.8) is 0 Å². The van der Waals surface area contributed by atoms with Crippen molar-refractivity contribution < 1.29 is 24.0 Å². The first-order valence-electron chi connectivity index (χ1n) is 12.8. The van der Waals surface area contributed by atoms with Crippen LogP contribution < -0.4 is 20.3 Å². The summed E-state index contributed by atoms with van der Waals surface area (Å²) in [4.78, 5) is 57.4. The van der Waals surface area contributed by atoms with E-state index in [2.05, 4.69) is 15.6 Å². The van der Waals surface area contributed by atoms with Gasteiger partial charge in [0.2, 0.25) is 17.7 Å². The molecule has 4 heterocycles. The minimum Gasteiger partial charge on any atom is -0.495 e. The fourth-order valence-electron chi connectivity index (χ4n) is 6.67. The van der Waals surface area contributed by atoms with Crippen LogP contribution in [0.15, 0.2) is 72.9 Å². The van der Waals surface area contributed by atoms with Crippen molar-refractivity contribution in [3.8, 4) is 5.75 Å². The zero-order chi connectivity index (χ0) is 27.8. The lowest BCUT2D eigenvalue weighted by Gasteiger charge is -2.29. The van der Waals surface area contributed by atoms with Crippen LogP contribution >= 0.6 is 0 Å². The fourth-order valence-corrected chi connectivity index (χ4v) is 6.67. The maximum atomic E-state index is 14.3. The molecule has 1 aromatic heterocycles. The van der Waals surface area contributed by atoms with E-state index >= 15 is 0 Å². The van der Waals surface area contributed by atoms with Crippen LogP contribution in [0.25, 0.3) is 10.9 Å². The van der Waals surface area contributed by atoms with Gasteiger partial charge in [-0.3, -0.25) is 29.8 Å². The molecule has 0 radical (unpaired) electrons. The van der Waals surface area contributed by atoms with Crippen molar-refractivity contribution in [1.82, 2.24) is 10.3 Å². The highest BCUT2D eigenvalue weighted by Crippen LogP contribution is 2.54.